The smallest absolute Gasteiger partial charge is 0.322 e. The Labute approximate surface area is 125 Å². The first-order chi connectivity index (χ1) is 10.3. The van der Waals surface area contributed by atoms with Gasteiger partial charge in [0.1, 0.15) is 0 Å². The first kappa shape index (κ1) is 14.4. The summed E-state index contributed by atoms with van der Waals surface area (Å²) in [5.41, 5.74) is 0.838. The van der Waals surface area contributed by atoms with Gasteiger partial charge in [-0.25, -0.2) is 4.79 Å². The highest BCUT2D eigenvalue weighted by molar-refractivity contribution is 5.89. The molecule has 2 aliphatic rings. The van der Waals surface area contributed by atoms with Gasteiger partial charge in [-0.3, -0.25) is 0 Å². The van der Waals surface area contributed by atoms with Crippen molar-refractivity contribution in [1.29, 1.82) is 0 Å². The lowest BCUT2D eigenvalue weighted by atomic mass is 10.2. The number of nitrogens with zero attached hydrogens (tertiary/aromatic N) is 2. The Hall–Kier alpha value is -1.59. The second-order valence-corrected chi connectivity index (χ2v) is 5.74. The Morgan fingerprint density at radius 2 is 1.95 bits per heavy atom. The van der Waals surface area contributed by atoms with Crippen LogP contribution in [-0.4, -0.2) is 61.3 Å². The minimum Gasteiger partial charge on any atom is -0.373 e. The van der Waals surface area contributed by atoms with Crippen LogP contribution in [0.5, 0.6) is 0 Å². The van der Waals surface area contributed by atoms with E-state index in [4.69, 9.17) is 4.74 Å². The van der Waals surface area contributed by atoms with Crippen LogP contribution < -0.4 is 5.32 Å². The number of morpholine rings is 1. The number of hydrogen-bond donors (Lipinski definition) is 1. The van der Waals surface area contributed by atoms with Crippen LogP contribution in [0.15, 0.2) is 30.3 Å². The van der Waals surface area contributed by atoms with Crippen LogP contribution in [0.4, 0.5) is 10.5 Å². The lowest BCUT2D eigenvalue weighted by molar-refractivity contribution is -0.0260. The first-order valence-corrected chi connectivity index (χ1v) is 7.76. The summed E-state index contributed by atoms with van der Waals surface area (Å²) in [5.74, 6) is 0. The summed E-state index contributed by atoms with van der Waals surface area (Å²) in [6.45, 7) is 5.23. The molecule has 0 aliphatic carbocycles. The van der Waals surface area contributed by atoms with Crippen molar-refractivity contribution in [3.63, 3.8) is 0 Å². The van der Waals surface area contributed by atoms with E-state index in [1.807, 2.05) is 35.2 Å². The summed E-state index contributed by atoms with van der Waals surface area (Å²) in [7, 11) is 0. The fourth-order valence-electron chi connectivity index (χ4n) is 2.99. The number of para-hydroxylation sites is 1. The molecule has 21 heavy (non-hydrogen) atoms. The molecule has 0 spiro atoms. The third kappa shape index (κ3) is 3.95. The molecule has 114 valence electrons. The molecule has 2 saturated heterocycles. The quantitative estimate of drug-likeness (QED) is 0.926. The van der Waals surface area contributed by atoms with Crippen molar-refractivity contribution in [3.05, 3.63) is 30.3 Å². The van der Waals surface area contributed by atoms with Crippen molar-refractivity contribution < 1.29 is 9.53 Å². The van der Waals surface area contributed by atoms with Crippen molar-refractivity contribution in [2.24, 2.45) is 0 Å². The van der Waals surface area contributed by atoms with Crippen LogP contribution in [-0.2, 0) is 4.74 Å². The Morgan fingerprint density at radius 1 is 1.19 bits per heavy atom. The summed E-state index contributed by atoms with van der Waals surface area (Å²) in [5, 5.41) is 2.94. The molecule has 3 rings (SSSR count). The molecule has 2 aliphatic heterocycles. The van der Waals surface area contributed by atoms with E-state index in [2.05, 4.69) is 10.2 Å². The zero-order valence-electron chi connectivity index (χ0n) is 12.3. The predicted octanol–water partition coefficient (Wildman–Crippen LogP) is 2.02. The molecule has 0 radical (unpaired) electrons. The molecule has 5 nitrogen and oxygen atoms in total. The van der Waals surface area contributed by atoms with Crippen LogP contribution in [0.1, 0.15) is 12.8 Å². The minimum atomic E-state index is -0.0316. The average molecular weight is 289 g/mol. The molecule has 1 aromatic carbocycles. The number of carbonyl (C=O) groups is 1. The maximum absolute atomic E-state index is 12.3. The van der Waals surface area contributed by atoms with Gasteiger partial charge in [0.05, 0.1) is 12.7 Å². The fraction of sp³-hybridized carbons (Fsp3) is 0.562. The third-order valence-electron chi connectivity index (χ3n) is 4.11. The zero-order chi connectivity index (χ0) is 14.5. The van der Waals surface area contributed by atoms with Gasteiger partial charge in [0.2, 0.25) is 0 Å². The van der Waals surface area contributed by atoms with E-state index in [0.29, 0.717) is 19.7 Å². The largest absolute Gasteiger partial charge is 0.373 e. The number of benzene rings is 1. The number of hydrogen-bond acceptors (Lipinski definition) is 3. The second-order valence-electron chi connectivity index (χ2n) is 5.74. The van der Waals surface area contributed by atoms with Crippen LogP contribution in [0.25, 0.3) is 0 Å². The Balaban J connectivity index is 1.51. The number of rotatable bonds is 3. The van der Waals surface area contributed by atoms with Gasteiger partial charge in [-0.1, -0.05) is 18.2 Å². The number of anilines is 1. The monoisotopic (exact) mass is 289 g/mol. The van der Waals surface area contributed by atoms with E-state index in [1.165, 1.54) is 12.8 Å². The number of urea groups is 1. The van der Waals surface area contributed by atoms with Crippen LogP contribution in [0.3, 0.4) is 0 Å². The lowest BCUT2D eigenvalue weighted by Crippen LogP contribution is -2.50. The standard InChI is InChI=1S/C16H23N3O2/c20-16(17-14-6-2-1-3-7-14)19-10-11-21-15(13-19)12-18-8-4-5-9-18/h1-3,6-7,15H,4-5,8-13H2,(H,17,20). The Morgan fingerprint density at radius 3 is 2.71 bits per heavy atom. The van der Waals surface area contributed by atoms with Gasteiger partial charge in [0.15, 0.2) is 0 Å². The molecule has 2 amide bonds. The van der Waals surface area contributed by atoms with Gasteiger partial charge in [-0.05, 0) is 38.1 Å². The SMILES string of the molecule is O=C(Nc1ccccc1)N1CCOC(CN2CCCC2)C1. The van der Waals surface area contributed by atoms with Gasteiger partial charge in [0, 0.05) is 25.3 Å². The van der Waals surface area contributed by atoms with Gasteiger partial charge in [0.25, 0.3) is 0 Å². The predicted molar refractivity (Wildman–Crippen MR) is 82.4 cm³/mol. The summed E-state index contributed by atoms with van der Waals surface area (Å²) in [6.07, 6.45) is 2.70. The van der Waals surface area contributed by atoms with E-state index < -0.39 is 0 Å². The molecule has 5 heteroatoms. The number of ether oxygens (including phenoxy) is 1. The highest BCUT2D eigenvalue weighted by atomic mass is 16.5. The summed E-state index contributed by atoms with van der Waals surface area (Å²) in [4.78, 5) is 16.6. The molecular formula is C16H23N3O2. The van der Waals surface area contributed by atoms with Crippen molar-refractivity contribution in [2.75, 3.05) is 44.6 Å². The summed E-state index contributed by atoms with van der Waals surface area (Å²) in [6, 6.07) is 9.56. The number of likely N-dealkylation sites (tertiary alicyclic amines) is 1. The third-order valence-corrected chi connectivity index (χ3v) is 4.11. The van der Waals surface area contributed by atoms with Gasteiger partial charge < -0.3 is 19.9 Å². The van der Waals surface area contributed by atoms with Crippen molar-refractivity contribution in [1.82, 2.24) is 9.80 Å². The molecule has 2 heterocycles. The van der Waals surface area contributed by atoms with Crippen molar-refractivity contribution >= 4 is 11.7 Å². The van der Waals surface area contributed by atoms with E-state index >= 15 is 0 Å². The van der Waals surface area contributed by atoms with Crippen LogP contribution in [0.2, 0.25) is 0 Å². The fourth-order valence-corrected chi connectivity index (χ4v) is 2.99. The van der Waals surface area contributed by atoms with Crippen LogP contribution in [0, 0.1) is 0 Å². The normalized spacial score (nSPS) is 23.2. The minimum absolute atomic E-state index is 0.0316. The van der Waals surface area contributed by atoms with Gasteiger partial charge in [-0.15, -0.1) is 0 Å². The lowest BCUT2D eigenvalue weighted by Gasteiger charge is -2.34. The molecular weight excluding hydrogens is 266 g/mol. The van der Waals surface area contributed by atoms with E-state index in [0.717, 1.165) is 25.3 Å². The maximum atomic E-state index is 12.3. The van der Waals surface area contributed by atoms with Crippen molar-refractivity contribution in [3.8, 4) is 0 Å². The van der Waals surface area contributed by atoms with Gasteiger partial charge >= 0.3 is 6.03 Å². The number of nitrogens with one attached hydrogen (secondary N) is 1. The van der Waals surface area contributed by atoms with Crippen LogP contribution >= 0.6 is 0 Å². The zero-order valence-corrected chi connectivity index (χ0v) is 12.3. The topological polar surface area (TPSA) is 44.8 Å². The van der Waals surface area contributed by atoms with Gasteiger partial charge in [-0.2, -0.15) is 0 Å². The first-order valence-electron chi connectivity index (χ1n) is 7.76. The summed E-state index contributed by atoms with van der Waals surface area (Å²) >= 11 is 0. The van der Waals surface area contributed by atoms with E-state index in [-0.39, 0.29) is 12.1 Å². The molecule has 1 aromatic rings. The molecule has 0 bridgehead atoms. The number of carbonyl (C=O) groups excluding carboxylic acids is 1. The molecule has 1 unspecified atom stereocenters. The molecule has 1 atom stereocenters. The Bertz CT molecular complexity index is 460. The molecule has 0 aromatic heterocycles. The molecule has 0 saturated carbocycles. The second kappa shape index (κ2) is 6.91. The van der Waals surface area contributed by atoms with Crippen molar-refractivity contribution in [2.45, 2.75) is 18.9 Å². The average Bonchev–Trinajstić information content (AvgIpc) is 3.01. The molecule has 2 fully saturated rings. The molecule has 1 N–H and O–H groups in total. The highest BCUT2D eigenvalue weighted by Gasteiger charge is 2.26. The highest BCUT2D eigenvalue weighted by Crippen LogP contribution is 2.14. The number of amides is 2. The Kier molecular flexibility index (Phi) is 4.72. The summed E-state index contributed by atoms with van der Waals surface area (Å²) < 4.78 is 5.81. The van der Waals surface area contributed by atoms with E-state index in [1.54, 1.807) is 0 Å². The van der Waals surface area contributed by atoms with E-state index in [9.17, 15) is 4.79 Å². The maximum Gasteiger partial charge on any atom is 0.322 e.